The highest BCUT2D eigenvalue weighted by Gasteiger charge is 2.24. The van der Waals surface area contributed by atoms with Gasteiger partial charge in [-0.25, -0.2) is 5.43 Å². The fraction of sp³-hybridized carbons (Fsp3) is 0.333. The number of benzene rings is 1. The molecule has 1 atom stereocenters. The molecule has 83 valence electrons. The minimum Gasteiger partial charge on any atom is -0.290 e. The van der Waals surface area contributed by atoms with Crippen molar-refractivity contribution in [2.45, 2.75) is 19.8 Å². The molecule has 0 bridgehead atoms. The van der Waals surface area contributed by atoms with Gasteiger partial charge in [-0.15, -0.1) is 0 Å². The summed E-state index contributed by atoms with van der Waals surface area (Å²) in [7, 11) is 0. The maximum Gasteiger partial charge on any atom is 0.240 e. The summed E-state index contributed by atoms with van der Waals surface area (Å²) < 4.78 is 0. The van der Waals surface area contributed by atoms with Gasteiger partial charge >= 0.3 is 0 Å². The third kappa shape index (κ3) is 2.05. The zero-order valence-electron chi connectivity index (χ0n) is 9.06. The first-order valence-corrected chi connectivity index (χ1v) is 5.34. The summed E-state index contributed by atoms with van der Waals surface area (Å²) in [6.45, 7) is 2.01. The van der Waals surface area contributed by atoms with Gasteiger partial charge in [0.15, 0.2) is 5.75 Å². The van der Waals surface area contributed by atoms with Gasteiger partial charge in [-0.2, -0.15) is 5.10 Å². The standard InChI is InChI=1S/C12H13N2O2/c1-2-8-7-11(16)13-14-12(8)9-4-3-5-10(15)6-9/h3-6,8H,2,7H2,1H3,(H,13,16). The van der Waals surface area contributed by atoms with Crippen molar-refractivity contribution in [1.29, 1.82) is 0 Å². The van der Waals surface area contributed by atoms with Crippen LogP contribution < -0.4 is 5.43 Å². The smallest absolute Gasteiger partial charge is 0.240 e. The molecule has 2 rings (SSSR count). The molecular formula is C12H13N2O2. The van der Waals surface area contributed by atoms with Crippen LogP contribution in [-0.4, -0.2) is 11.6 Å². The van der Waals surface area contributed by atoms with Crippen LogP contribution in [0.15, 0.2) is 29.4 Å². The van der Waals surface area contributed by atoms with Crippen molar-refractivity contribution in [3.63, 3.8) is 0 Å². The van der Waals surface area contributed by atoms with Gasteiger partial charge in [-0.1, -0.05) is 19.1 Å². The first-order chi connectivity index (χ1) is 7.70. The summed E-state index contributed by atoms with van der Waals surface area (Å²) in [6, 6.07) is 6.62. The van der Waals surface area contributed by atoms with Crippen molar-refractivity contribution in [3.8, 4) is 5.75 Å². The Morgan fingerprint density at radius 2 is 2.31 bits per heavy atom. The van der Waals surface area contributed by atoms with E-state index in [1.165, 1.54) is 6.07 Å². The molecule has 0 saturated heterocycles. The van der Waals surface area contributed by atoms with Crippen LogP contribution in [0.1, 0.15) is 25.3 Å². The van der Waals surface area contributed by atoms with E-state index in [-0.39, 0.29) is 17.6 Å². The fourth-order valence-electron chi connectivity index (χ4n) is 1.87. The molecule has 4 heteroatoms. The maximum atomic E-state index is 11.2. The molecule has 1 aliphatic heterocycles. The molecule has 1 unspecified atom stereocenters. The van der Waals surface area contributed by atoms with E-state index in [4.69, 9.17) is 0 Å². The molecule has 1 N–H and O–H groups in total. The molecule has 1 aromatic carbocycles. The van der Waals surface area contributed by atoms with Gasteiger partial charge in [0.1, 0.15) is 0 Å². The van der Waals surface area contributed by atoms with Gasteiger partial charge in [0.2, 0.25) is 5.91 Å². The van der Waals surface area contributed by atoms with Crippen molar-refractivity contribution >= 4 is 11.6 Å². The largest absolute Gasteiger partial charge is 0.290 e. The Morgan fingerprint density at radius 1 is 1.50 bits per heavy atom. The molecular weight excluding hydrogens is 204 g/mol. The average molecular weight is 217 g/mol. The molecule has 0 saturated carbocycles. The summed E-state index contributed by atoms with van der Waals surface area (Å²) in [4.78, 5) is 11.2. The first kappa shape index (κ1) is 10.7. The highest BCUT2D eigenvalue weighted by Crippen LogP contribution is 2.22. The Bertz CT molecular complexity index is 440. The lowest BCUT2D eigenvalue weighted by molar-refractivity contribution is -0.122. The molecule has 0 spiro atoms. The molecule has 0 aromatic heterocycles. The van der Waals surface area contributed by atoms with E-state index >= 15 is 0 Å². The van der Waals surface area contributed by atoms with E-state index in [1.807, 2.05) is 13.0 Å². The van der Waals surface area contributed by atoms with Crippen LogP contribution >= 0.6 is 0 Å². The Balaban J connectivity index is 2.35. The minimum absolute atomic E-state index is 0.0352. The summed E-state index contributed by atoms with van der Waals surface area (Å²) in [5.41, 5.74) is 4.07. The summed E-state index contributed by atoms with van der Waals surface area (Å²) >= 11 is 0. The van der Waals surface area contributed by atoms with Crippen LogP contribution in [0, 0.1) is 5.92 Å². The van der Waals surface area contributed by atoms with Crippen LogP contribution in [-0.2, 0) is 9.90 Å². The molecule has 0 fully saturated rings. The minimum atomic E-state index is -0.0612. The van der Waals surface area contributed by atoms with Crippen LogP contribution in [0.4, 0.5) is 0 Å². The van der Waals surface area contributed by atoms with Crippen LogP contribution in [0.3, 0.4) is 0 Å². The second kappa shape index (κ2) is 4.35. The van der Waals surface area contributed by atoms with E-state index < -0.39 is 0 Å². The highest BCUT2D eigenvalue weighted by atomic mass is 16.3. The van der Waals surface area contributed by atoms with E-state index in [0.717, 1.165) is 17.7 Å². The Morgan fingerprint density at radius 3 is 3.00 bits per heavy atom. The fourth-order valence-corrected chi connectivity index (χ4v) is 1.87. The van der Waals surface area contributed by atoms with E-state index in [1.54, 1.807) is 12.1 Å². The molecule has 16 heavy (non-hydrogen) atoms. The van der Waals surface area contributed by atoms with Gasteiger partial charge in [0.05, 0.1) is 5.71 Å². The third-order valence-corrected chi connectivity index (χ3v) is 2.74. The lowest BCUT2D eigenvalue weighted by Crippen LogP contribution is -2.33. The molecule has 4 nitrogen and oxygen atoms in total. The number of carbonyl (C=O) groups is 1. The van der Waals surface area contributed by atoms with Crippen LogP contribution in [0.25, 0.3) is 0 Å². The first-order valence-electron chi connectivity index (χ1n) is 5.34. The van der Waals surface area contributed by atoms with Gasteiger partial charge in [0.25, 0.3) is 0 Å². The number of hydrogen-bond acceptors (Lipinski definition) is 2. The number of amides is 1. The second-order valence-corrected chi connectivity index (χ2v) is 3.87. The molecule has 1 aromatic rings. The number of rotatable bonds is 2. The Kier molecular flexibility index (Phi) is 2.90. The highest BCUT2D eigenvalue weighted by molar-refractivity contribution is 6.06. The number of nitrogens with zero attached hydrogens (tertiary/aromatic N) is 1. The second-order valence-electron chi connectivity index (χ2n) is 3.87. The van der Waals surface area contributed by atoms with E-state index in [9.17, 15) is 9.90 Å². The van der Waals surface area contributed by atoms with Crippen molar-refractivity contribution in [1.82, 2.24) is 5.43 Å². The summed E-state index contributed by atoms with van der Waals surface area (Å²) in [6.07, 6.45) is 1.29. The van der Waals surface area contributed by atoms with E-state index in [0.29, 0.717) is 6.42 Å². The Labute approximate surface area is 94.0 Å². The molecule has 0 aliphatic carbocycles. The predicted octanol–water partition coefficient (Wildman–Crippen LogP) is 2.08. The van der Waals surface area contributed by atoms with Gasteiger partial charge < -0.3 is 0 Å². The van der Waals surface area contributed by atoms with Crippen molar-refractivity contribution < 1.29 is 9.90 Å². The SMILES string of the molecule is CCC1CC(=O)NN=C1c1cccc([O])c1. The third-order valence-electron chi connectivity index (χ3n) is 2.74. The monoisotopic (exact) mass is 217 g/mol. The van der Waals surface area contributed by atoms with Crippen molar-refractivity contribution in [3.05, 3.63) is 29.8 Å². The van der Waals surface area contributed by atoms with Gasteiger partial charge in [-0.3, -0.25) is 9.90 Å². The van der Waals surface area contributed by atoms with Gasteiger partial charge in [0, 0.05) is 17.9 Å². The van der Waals surface area contributed by atoms with Crippen LogP contribution in [0.2, 0.25) is 0 Å². The number of carbonyl (C=O) groups excluding carboxylic acids is 1. The average Bonchev–Trinajstić information content (AvgIpc) is 2.28. The van der Waals surface area contributed by atoms with Crippen molar-refractivity contribution in [2.24, 2.45) is 11.0 Å². The molecule has 1 aliphatic rings. The zero-order chi connectivity index (χ0) is 11.5. The zero-order valence-corrected chi connectivity index (χ0v) is 9.06. The summed E-state index contributed by atoms with van der Waals surface area (Å²) in [5, 5.41) is 15.3. The number of hydrogen-bond donors (Lipinski definition) is 1. The molecule has 1 radical (unpaired) electrons. The predicted molar refractivity (Wildman–Crippen MR) is 59.7 cm³/mol. The summed E-state index contributed by atoms with van der Waals surface area (Å²) in [5.74, 6) is 0.0105. The molecule has 1 heterocycles. The van der Waals surface area contributed by atoms with E-state index in [2.05, 4.69) is 10.5 Å². The maximum absolute atomic E-state index is 11.2. The molecule has 1 amide bonds. The van der Waals surface area contributed by atoms with Crippen molar-refractivity contribution in [2.75, 3.05) is 0 Å². The number of hydrazone groups is 1. The van der Waals surface area contributed by atoms with Crippen LogP contribution in [0.5, 0.6) is 5.75 Å². The Hall–Kier alpha value is -1.84. The number of nitrogens with one attached hydrogen (secondary N) is 1. The van der Waals surface area contributed by atoms with Gasteiger partial charge in [-0.05, 0) is 18.6 Å². The lowest BCUT2D eigenvalue weighted by atomic mass is 9.90. The lowest BCUT2D eigenvalue weighted by Gasteiger charge is -2.21. The normalized spacial score (nSPS) is 20.2. The quantitative estimate of drug-likeness (QED) is 0.810. The topological polar surface area (TPSA) is 61.4 Å².